The maximum atomic E-state index is 6.03. The van der Waals surface area contributed by atoms with Crippen molar-refractivity contribution in [2.45, 2.75) is 19.4 Å². The zero-order valence-electron chi connectivity index (χ0n) is 8.82. The van der Waals surface area contributed by atoms with Crippen LogP contribution in [0.1, 0.15) is 24.9 Å². The molecule has 2 rings (SSSR count). The Morgan fingerprint density at radius 1 is 1.47 bits per heavy atom. The summed E-state index contributed by atoms with van der Waals surface area (Å²) in [6.07, 6.45) is 0.791. The second-order valence-electron chi connectivity index (χ2n) is 3.88. The SMILES string of the molecule is C=C(C)C[C@@H](N)c1ccc2c(c1)OCO2. The Kier molecular flexibility index (Phi) is 2.64. The molecule has 1 aromatic carbocycles. The zero-order chi connectivity index (χ0) is 10.8. The number of fused-ring (bicyclic) bond motifs is 1. The third-order valence-electron chi connectivity index (χ3n) is 2.39. The summed E-state index contributed by atoms with van der Waals surface area (Å²) in [4.78, 5) is 0. The molecule has 0 fully saturated rings. The van der Waals surface area contributed by atoms with E-state index in [1.54, 1.807) is 0 Å². The van der Waals surface area contributed by atoms with Crippen molar-refractivity contribution < 1.29 is 9.47 Å². The number of nitrogens with two attached hydrogens (primary N) is 1. The van der Waals surface area contributed by atoms with E-state index < -0.39 is 0 Å². The van der Waals surface area contributed by atoms with Crippen molar-refractivity contribution >= 4 is 0 Å². The quantitative estimate of drug-likeness (QED) is 0.770. The van der Waals surface area contributed by atoms with Gasteiger partial charge in [0.25, 0.3) is 0 Å². The summed E-state index contributed by atoms with van der Waals surface area (Å²) in [6, 6.07) is 5.80. The van der Waals surface area contributed by atoms with E-state index in [1.807, 2.05) is 25.1 Å². The smallest absolute Gasteiger partial charge is 0.231 e. The van der Waals surface area contributed by atoms with Gasteiger partial charge in [-0.25, -0.2) is 0 Å². The van der Waals surface area contributed by atoms with Gasteiger partial charge >= 0.3 is 0 Å². The highest BCUT2D eigenvalue weighted by Gasteiger charge is 2.15. The molecule has 80 valence electrons. The molecule has 0 saturated carbocycles. The van der Waals surface area contributed by atoms with Gasteiger partial charge < -0.3 is 15.2 Å². The number of hydrogen-bond acceptors (Lipinski definition) is 3. The Hall–Kier alpha value is -1.48. The number of ether oxygens (including phenoxy) is 2. The minimum atomic E-state index is -0.0167. The average molecular weight is 205 g/mol. The molecular formula is C12H15NO2. The minimum absolute atomic E-state index is 0.0167. The van der Waals surface area contributed by atoms with Crippen LogP contribution >= 0.6 is 0 Å². The molecular weight excluding hydrogens is 190 g/mol. The van der Waals surface area contributed by atoms with Gasteiger partial charge in [0.05, 0.1) is 0 Å². The van der Waals surface area contributed by atoms with Gasteiger partial charge in [-0.2, -0.15) is 0 Å². The molecule has 0 bridgehead atoms. The van der Waals surface area contributed by atoms with Crippen LogP contribution < -0.4 is 15.2 Å². The second kappa shape index (κ2) is 3.95. The topological polar surface area (TPSA) is 44.5 Å². The van der Waals surface area contributed by atoms with E-state index in [0.29, 0.717) is 6.79 Å². The monoisotopic (exact) mass is 205 g/mol. The number of hydrogen-bond donors (Lipinski definition) is 1. The first-order valence-electron chi connectivity index (χ1n) is 4.96. The minimum Gasteiger partial charge on any atom is -0.454 e. The average Bonchev–Trinajstić information content (AvgIpc) is 2.62. The molecule has 1 aliphatic heterocycles. The predicted octanol–water partition coefficient (Wildman–Crippen LogP) is 2.38. The maximum absolute atomic E-state index is 6.03. The highest BCUT2D eigenvalue weighted by molar-refractivity contribution is 5.45. The normalized spacial score (nSPS) is 15.1. The maximum Gasteiger partial charge on any atom is 0.231 e. The fraction of sp³-hybridized carbons (Fsp3) is 0.333. The highest BCUT2D eigenvalue weighted by Crippen LogP contribution is 2.34. The van der Waals surface area contributed by atoms with E-state index in [9.17, 15) is 0 Å². The van der Waals surface area contributed by atoms with Crippen LogP contribution in [-0.4, -0.2) is 6.79 Å². The van der Waals surface area contributed by atoms with Crippen LogP contribution in [-0.2, 0) is 0 Å². The van der Waals surface area contributed by atoms with Crippen molar-refractivity contribution in [2.24, 2.45) is 5.73 Å². The van der Waals surface area contributed by atoms with E-state index >= 15 is 0 Å². The summed E-state index contributed by atoms with van der Waals surface area (Å²) >= 11 is 0. The first-order chi connectivity index (χ1) is 7.16. The van der Waals surface area contributed by atoms with Gasteiger partial charge in [-0.1, -0.05) is 11.6 Å². The van der Waals surface area contributed by atoms with Crippen LogP contribution in [0.15, 0.2) is 30.4 Å². The van der Waals surface area contributed by atoms with E-state index in [4.69, 9.17) is 15.2 Å². The van der Waals surface area contributed by atoms with E-state index in [2.05, 4.69) is 6.58 Å². The van der Waals surface area contributed by atoms with Crippen LogP contribution in [0.5, 0.6) is 11.5 Å². The zero-order valence-corrected chi connectivity index (χ0v) is 8.82. The molecule has 0 saturated heterocycles. The molecule has 0 aliphatic carbocycles. The summed E-state index contributed by atoms with van der Waals surface area (Å²) in [7, 11) is 0. The first-order valence-corrected chi connectivity index (χ1v) is 4.96. The fourth-order valence-corrected chi connectivity index (χ4v) is 1.64. The Morgan fingerprint density at radius 2 is 2.20 bits per heavy atom. The fourth-order valence-electron chi connectivity index (χ4n) is 1.64. The molecule has 1 heterocycles. The summed E-state index contributed by atoms with van der Waals surface area (Å²) in [5.41, 5.74) is 8.17. The molecule has 3 nitrogen and oxygen atoms in total. The van der Waals surface area contributed by atoms with Crippen molar-refractivity contribution in [2.75, 3.05) is 6.79 Å². The van der Waals surface area contributed by atoms with Crippen LogP contribution in [0.4, 0.5) is 0 Å². The molecule has 0 unspecified atom stereocenters. The molecule has 1 aromatic rings. The van der Waals surface area contributed by atoms with Crippen molar-refractivity contribution in [3.8, 4) is 11.5 Å². The van der Waals surface area contributed by atoms with Gasteiger partial charge in [0.15, 0.2) is 11.5 Å². The molecule has 1 atom stereocenters. The molecule has 0 spiro atoms. The number of benzene rings is 1. The molecule has 0 radical (unpaired) electrons. The van der Waals surface area contributed by atoms with Crippen LogP contribution in [0.2, 0.25) is 0 Å². The third kappa shape index (κ3) is 2.13. The summed E-state index contributed by atoms with van der Waals surface area (Å²) in [6.45, 7) is 6.14. The molecule has 1 aliphatic rings. The largest absolute Gasteiger partial charge is 0.454 e. The van der Waals surface area contributed by atoms with E-state index in [-0.39, 0.29) is 6.04 Å². The molecule has 0 amide bonds. The van der Waals surface area contributed by atoms with Gasteiger partial charge in [0.1, 0.15) is 0 Å². The Morgan fingerprint density at radius 3 is 2.93 bits per heavy atom. The van der Waals surface area contributed by atoms with Crippen LogP contribution in [0.3, 0.4) is 0 Å². The molecule has 2 N–H and O–H groups in total. The van der Waals surface area contributed by atoms with Crippen LogP contribution in [0, 0.1) is 0 Å². The van der Waals surface area contributed by atoms with Gasteiger partial charge in [0.2, 0.25) is 6.79 Å². The Labute approximate surface area is 89.5 Å². The predicted molar refractivity (Wildman–Crippen MR) is 58.9 cm³/mol. The summed E-state index contributed by atoms with van der Waals surface area (Å²) in [5, 5.41) is 0. The van der Waals surface area contributed by atoms with Gasteiger partial charge in [0, 0.05) is 6.04 Å². The lowest BCUT2D eigenvalue weighted by atomic mass is 10.0. The van der Waals surface area contributed by atoms with Crippen molar-refractivity contribution in [1.82, 2.24) is 0 Å². The van der Waals surface area contributed by atoms with Crippen molar-refractivity contribution in [3.05, 3.63) is 35.9 Å². The number of rotatable bonds is 3. The molecule has 15 heavy (non-hydrogen) atoms. The van der Waals surface area contributed by atoms with Gasteiger partial charge in [-0.15, -0.1) is 6.58 Å². The lowest BCUT2D eigenvalue weighted by molar-refractivity contribution is 0.174. The summed E-state index contributed by atoms with van der Waals surface area (Å²) in [5.74, 6) is 1.57. The van der Waals surface area contributed by atoms with Gasteiger partial charge in [-0.3, -0.25) is 0 Å². The Bertz CT molecular complexity index is 387. The van der Waals surface area contributed by atoms with E-state index in [1.165, 1.54) is 0 Å². The van der Waals surface area contributed by atoms with Crippen molar-refractivity contribution in [1.29, 1.82) is 0 Å². The Balaban J connectivity index is 2.19. The van der Waals surface area contributed by atoms with E-state index in [0.717, 1.165) is 29.1 Å². The standard InChI is InChI=1S/C12H15NO2/c1-8(2)5-10(13)9-3-4-11-12(6-9)15-7-14-11/h3-4,6,10H,1,5,7,13H2,2H3/t10-/m1/s1. The van der Waals surface area contributed by atoms with Crippen molar-refractivity contribution in [3.63, 3.8) is 0 Å². The third-order valence-corrected chi connectivity index (χ3v) is 2.39. The van der Waals surface area contributed by atoms with Crippen LogP contribution in [0.25, 0.3) is 0 Å². The molecule has 0 aromatic heterocycles. The lowest BCUT2D eigenvalue weighted by Crippen LogP contribution is -2.10. The first kappa shape index (κ1) is 10.1. The highest BCUT2D eigenvalue weighted by atomic mass is 16.7. The second-order valence-corrected chi connectivity index (χ2v) is 3.88. The lowest BCUT2D eigenvalue weighted by Gasteiger charge is -2.12. The summed E-state index contributed by atoms with van der Waals surface area (Å²) < 4.78 is 10.5. The van der Waals surface area contributed by atoms with Gasteiger partial charge in [-0.05, 0) is 31.0 Å². The molecule has 3 heteroatoms.